The van der Waals surface area contributed by atoms with Crippen molar-refractivity contribution in [1.29, 1.82) is 0 Å². The molecule has 1 aliphatic carbocycles. The molecule has 0 aliphatic heterocycles. The fourth-order valence-corrected chi connectivity index (χ4v) is 1.68. The summed E-state index contributed by atoms with van der Waals surface area (Å²) in [7, 11) is 3.77. The van der Waals surface area contributed by atoms with Crippen LogP contribution in [0.1, 0.15) is 32.1 Å². The van der Waals surface area contributed by atoms with Gasteiger partial charge in [0.15, 0.2) is 0 Å². The standard InChI is InChI=1S/C8H17NO.ClH/c1-9-8(10-2)6-4-3-5-7-8;/h9H,3-7H2,1-2H3;1H. The van der Waals surface area contributed by atoms with E-state index >= 15 is 0 Å². The Bertz CT molecular complexity index is 96.3. The molecule has 3 heteroatoms. The lowest BCUT2D eigenvalue weighted by atomic mass is 9.92. The van der Waals surface area contributed by atoms with E-state index in [9.17, 15) is 0 Å². The Hall–Kier alpha value is 0.210. The minimum atomic E-state index is 0. The third kappa shape index (κ3) is 2.62. The van der Waals surface area contributed by atoms with Crippen molar-refractivity contribution in [2.75, 3.05) is 14.2 Å². The third-order valence-electron chi connectivity index (χ3n) is 2.51. The maximum Gasteiger partial charge on any atom is 0.118 e. The molecule has 11 heavy (non-hydrogen) atoms. The Morgan fingerprint density at radius 3 is 2.00 bits per heavy atom. The Morgan fingerprint density at radius 2 is 1.73 bits per heavy atom. The highest BCUT2D eigenvalue weighted by Gasteiger charge is 2.29. The first-order valence-electron chi connectivity index (χ1n) is 4.07. The molecule has 0 aromatic heterocycles. The molecule has 68 valence electrons. The molecule has 2 nitrogen and oxygen atoms in total. The van der Waals surface area contributed by atoms with Crippen LogP contribution in [0, 0.1) is 0 Å². The summed E-state index contributed by atoms with van der Waals surface area (Å²) < 4.78 is 5.42. The highest BCUT2D eigenvalue weighted by molar-refractivity contribution is 5.85. The quantitative estimate of drug-likeness (QED) is 0.655. The topological polar surface area (TPSA) is 21.3 Å². The first kappa shape index (κ1) is 11.2. The van der Waals surface area contributed by atoms with E-state index in [4.69, 9.17) is 4.74 Å². The van der Waals surface area contributed by atoms with Gasteiger partial charge in [0.25, 0.3) is 0 Å². The minimum absolute atomic E-state index is 0. The van der Waals surface area contributed by atoms with Gasteiger partial charge in [-0.05, 0) is 32.7 Å². The Morgan fingerprint density at radius 1 is 1.18 bits per heavy atom. The van der Waals surface area contributed by atoms with Gasteiger partial charge < -0.3 is 4.74 Å². The second-order valence-electron chi connectivity index (χ2n) is 3.01. The summed E-state index contributed by atoms with van der Waals surface area (Å²) >= 11 is 0. The van der Waals surface area contributed by atoms with E-state index in [1.807, 2.05) is 7.05 Å². The van der Waals surface area contributed by atoms with E-state index in [0.29, 0.717) is 0 Å². The van der Waals surface area contributed by atoms with Crippen LogP contribution in [0.25, 0.3) is 0 Å². The minimum Gasteiger partial charge on any atom is -0.364 e. The molecule has 0 radical (unpaired) electrons. The monoisotopic (exact) mass is 179 g/mol. The maximum atomic E-state index is 5.42. The molecule has 0 aromatic carbocycles. The van der Waals surface area contributed by atoms with E-state index < -0.39 is 0 Å². The lowest BCUT2D eigenvalue weighted by Crippen LogP contribution is -2.46. The van der Waals surface area contributed by atoms with E-state index in [0.717, 1.165) is 0 Å². The molecule has 0 saturated heterocycles. The van der Waals surface area contributed by atoms with E-state index in [2.05, 4.69) is 5.32 Å². The zero-order valence-corrected chi connectivity index (χ0v) is 8.17. The van der Waals surface area contributed by atoms with Crippen molar-refractivity contribution in [3.05, 3.63) is 0 Å². The summed E-state index contributed by atoms with van der Waals surface area (Å²) in [5, 5.41) is 3.24. The number of rotatable bonds is 2. The Balaban J connectivity index is 0.000001000. The Kier molecular flexibility index (Phi) is 5.06. The smallest absolute Gasteiger partial charge is 0.118 e. The molecule has 0 heterocycles. The number of methoxy groups -OCH3 is 1. The predicted molar refractivity (Wildman–Crippen MR) is 49.1 cm³/mol. The highest BCUT2D eigenvalue weighted by Crippen LogP contribution is 2.27. The SMILES string of the molecule is CNC1(OC)CCCCC1.Cl. The van der Waals surface area contributed by atoms with Gasteiger partial charge in [0.1, 0.15) is 5.72 Å². The van der Waals surface area contributed by atoms with Gasteiger partial charge in [-0.2, -0.15) is 0 Å². The predicted octanol–water partition coefficient (Wildman–Crippen LogP) is 1.93. The van der Waals surface area contributed by atoms with E-state index in [1.165, 1.54) is 32.1 Å². The van der Waals surface area contributed by atoms with Crippen molar-refractivity contribution in [2.24, 2.45) is 0 Å². The number of ether oxygens (including phenoxy) is 1. The van der Waals surface area contributed by atoms with Crippen molar-refractivity contribution >= 4 is 12.4 Å². The van der Waals surface area contributed by atoms with Crippen LogP contribution < -0.4 is 5.32 Å². The molecule has 0 spiro atoms. The van der Waals surface area contributed by atoms with Crippen LogP contribution in [-0.2, 0) is 4.74 Å². The summed E-state index contributed by atoms with van der Waals surface area (Å²) in [5.41, 5.74) is 0.0122. The van der Waals surface area contributed by atoms with Crippen LogP contribution in [0.3, 0.4) is 0 Å². The second kappa shape index (κ2) is 4.96. The van der Waals surface area contributed by atoms with Gasteiger partial charge >= 0.3 is 0 Å². The van der Waals surface area contributed by atoms with Crippen LogP contribution in [0.4, 0.5) is 0 Å². The van der Waals surface area contributed by atoms with Gasteiger partial charge in [-0.3, -0.25) is 5.32 Å². The van der Waals surface area contributed by atoms with Gasteiger partial charge in [0.05, 0.1) is 0 Å². The molecule has 0 bridgehead atoms. The van der Waals surface area contributed by atoms with Crippen LogP contribution in [0.5, 0.6) is 0 Å². The zero-order chi connectivity index (χ0) is 7.45. The lowest BCUT2D eigenvalue weighted by Gasteiger charge is -2.35. The van der Waals surface area contributed by atoms with Crippen molar-refractivity contribution in [3.8, 4) is 0 Å². The van der Waals surface area contributed by atoms with Crippen LogP contribution >= 0.6 is 12.4 Å². The van der Waals surface area contributed by atoms with E-state index in [-0.39, 0.29) is 18.1 Å². The molecule has 0 amide bonds. The average molecular weight is 180 g/mol. The number of hydrogen-bond acceptors (Lipinski definition) is 2. The fraction of sp³-hybridized carbons (Fsp3) is 1.00. The van der Waals surface area contributed by atoms with Crippen LogP contribution in [0.2, 0.25) is 0 Å². The molecule has 1 saturated carbocycles. The number of hydrogen-bond donors (Lipinski definition) is 1. The van der Waals surface area contributed by atoms with Gasteiger partial charge in [0, 0.05) is 7.11 Å². The van der Waals surface area contributed by atoms with Gasteiger partial charge in [-0.1, -0.05) is 6.42 Å². The lowest BCUT2D eigenvalue weighted by molar-refractivity contribution is -0.0607. The molecule has 1 rings (SSSR count). The van der Waals surface area contributed by atoms with Crippen molar-refractivity contribution in [1.82, 2.24) is 5.32 Å². The molecule has 1 aliphatic rings. The summed E-state index contributed by atoms with van der Waals surface area (Å²) in [4.78, 5) is 0. The average Bonchev–Trinajstić information content (AvgIpc) is 2.06. The van der Waals surface area contributed by atoms with Crippen molar-refractivity contribution in [3.63, 3.8) is 0 Å². The van der Waals surface area contributed by atoms with Crippen molar-refractivity contribution in [2.45, 2.75) is 37.8 Å². The van der Waals surface area contributed by atoms with Gasteiger partial charge in [-0.25, -0.2) is 0 Å². The first-order chi connectivity index (χ1) is 4.83. The molecular formula is C8H18ClNO. The fourth-order valence-electron chi connectivity index (χ4n) is 1.68. The molecule has 0 atom stereocenters. The van der Waals surface area contributed by atoms with Crippen LogP contribution in [0.15, 0.2) is 0 Å². The Labute approximate surface area is 75.1 Å². The largest absolute Gasteiger partial charge is 0.364 e. The summed E-state index contributed by atoms with van der Waals surface area (Å²) in [6, 6.07) is 0. The molecule has 1 N–H and O–H groups in total. The zero-order valence-electron chi connectivity index (χ0n) is 7.35. The molecule has 1 fully saturated rings. The van der Waals surface area contributed by atoms with Gasteiger partial charge in [0.2, 0.25) is 0 Å². The third-order valence-corrected chi connectivity index (χ3v) is 2.51. The summed E-state index contributed by atoms with van der Waals surface area (Å²) in [5.74, 6) is 0. The van der Waals surface area contributed by atoms with Crippen molar-refractivity contribution < 1.29 is 4.74 Å². The molecular weight excluding hydrogens is 162 g/mol. The summed E-state index contributed by atoms with van der Waals surface area (Å²) in [6.45, 7) is 0. The maximum absolute atomic E-state index is 5.42. The highest BCUT2D eigenvalue weighted by atomic mass is 35.5. The number of halogens is 1. The molecule has 0 unspecified atom stereocenters. The van der Waals surface area contributed by atoms with E-state index in [1.54, 1.807) is 7.11 Å². The first-order valence-corrected chi connectivity index (χ1v) is 4.07. The number of nitrogens with one attached hydrogen (secondary N) is 1. The normalized spacial score (nSPS) is 22.4. The summed E-state index contributed by atoms with van der Waals surface area (Å²) in [6.07, 6.45) is 6.30. The van der Waals surface area contributed by atoms with Crippen LogP contribution in [-0.4, -0.2) is 19.9 Å². The van der Waals surface area contributed by atoms with Gasteiger partial charge in [-0.15, -0.1) is 12.4 Å². The second-order valence-corrected chi connectivity index (χ2v) is 3.01. The molecule has 0 aromatic rings.